The lowest BCUT2D eigenvalue weighted by Gasteiger charge is -2.41. The molecule has 3 N–H and O–H groups in total. The highest BCUT2D eigenvalue weighted by molar-refractivity contribution is 5.96. The Labute approximate surface area is 180 Å². The van der Waals surface area contributed by atoms with Crippen LogP contribution in [-0.4, -0.2) is 29.9 Å². The molecule has 0 bridgehead atoms. The van der Waals surface area contributed by atoms with Crippen molar-refractivity contribution in [2.45, 2.75) is 33.4 Å². The van der Waals surface area contributed by atoms with Gasteiger partial charge >= 0.3 is 0 Å². The van der Waals surface area contributed by atoms with E-state index in [0.29, 0.717) is 23.1 Å². The van der Waals surface area contributed by atoms with E-state index in [1.165, 1.54) is 5.56 Å². The SMILES string of the molecule is Cc1ccc(N)cc1C(=O)NC1C(C)CN(Cc2ccccc2)CC1C.Cl.Cl. The quantitative estimate of drug-likeness (QED) is 0.720. The van der Waals surface area contributed by atoms with Crippen LogP contribution in [0.4, 0.5) is 5.69 Å². The van der Waals surface area contributed by atoms with E-state index in [-0.39, 0.29) is 36.8 Å². The molecular weight excluding hydrogens is 393 g/mol. The number of anilines is 1. The minimum atomic E-state index is -0.0185. The van der Waals surface area contributed by atoms with Crippen LogP contribution < -0.4 is 11.1 Å². The van der Waals surface area contributed by atoms with Crippen molar-refractivity contribution in [2.75, 3.05) is 18.8 Å². The van der Waals surface area contributed by atoms with Crippen LogP contribution >= 0.6 is 24.8 Å². The van der Waals surface area contributed by atoms with E-state index >= 15 is 0 Å². The van der Waals surface area contributed by atoms with Crippen LogP contribution in [0.1, 0.15) is 35.3 Å². The highest BCUT2D eigenvalue weighted by atomic mass is 35.5. The number of hydrogen-bond acceptors (Lipinski definition) is 3. The van der Waals surface area contributed by atoms with E-state index in [0.717, 1.165) is 25.2 Å². The number of amides is 1. The molecule has 3 rings (SSSR count). The number of hydrogen-bond donors (Lipinski definition) is 2. The standard InChI is InChI=1S/C22H29N3O.2ClH/c1-15-9-10-19(23)11-20(15)22(26)24-21-16(2)12-25(13-17(21)3)14-18-7-5-4-6-8-18;;/h4-11,16-17,21H,12-14,23H2,1-3H3,(H,24,26);2*1H. The molecule has 1 fully saturated rings. The fourth-order valence-electron chi connectivity index (χ4n) is 4.05. The highest BCUT2D eigenvalue weighted by Crippen LogP contribution is 2.24. The molecule has 28 heavy (non-hydrogen) atoms. The van der Waals surface area contributed by atoms with E-state index in [1.807, 2.05) is 19.1 Å². The van der Waals surface area contributed by atoms with Gasteiger partial charge in [-0.25, -0.2) is 0 Å². The molecule has 0 spiro atoms. The molecular formula is C22H31Cl2N3O. The highest BCUT2D eigenvalue weighted by Gasteiger charge is 2.33. The Morgan fingerprint density at radius 1 is 1.07 bits per heavy atom. The van der Waals surface area contributed by atoms with Gasteiger partial charge in [-0.2, -0.15) is 0 Å². The summed E-state index contributed by atoms with van der Waals surface area (Å²) in [5.74, 6) is 0.774. The number of halogens is 2. The zero-order valence-corrected chi connectivity index (χ0v) is 18.4. The van der Waals surface area contributed by atoms with Crippen molar-refractivity contribution < 1.29 is 4.79 Å². The monoisotopic (exact) mass is 423 g/mol. The molecule has 1 saturated heterocycles. The molecule has 0 aromatic heterocycles. The summed E-state index contributed by atoms with van der Waals surface area (Å²) in [6.45, 7) is 9.34. The number of piperidine rings is 1. The zero-order valence-electron chi connectivity index (χ0n) is 16.7. The summed E-state index contributed by atoms with van der Waals surface area (Å²) in [4.78, 5) is 15.3. The van der Waals surface area contributed by atoms with Crippen molar-refractivity contribution in [3.8, 4) is 0 Å². The first-order chi connectivity index (χ1) is 12.4. The van der Waals surface area contributed by atoms with Gasteiger partial charge < -0.3 is 11.1 Å². The Balaban J connectivity index is 0.00000196. The molecule has 1 aliphatic rings. The van der Waals surface area contributed by atoms with Gasteiger partial charge in [0.2, 0.25) is 0 Å². The van der Waals surface area contributed by atoms with Gasteiger partial charge in [0.1, 0.15) is 0 Å². The maximum atomic E-state index is 12.8. The predicted octanol–water partition coefficient (Wildman–Crippen LogP) is 4.31. The molecule has 2 aromatic carbocycles. The third-order valence-electron chi connectivity index (χ3n) is 5.37. The van der Waals surface area contributed by atoms with Crippen LogP contribution in [-0.2, 0) is 6.54 Å². The second kappa shape index (κ2) is 10.7. The van der Waals surface area contributed by atoms with E-state index in [4.69, 9.17) is 5.73 Å². The van der Waals surface area contributed by atoms with Crippen LogP contribution in [0.25, 0.3) is 0 Å². The first kappa shape index (κ1) is 24.3. The first-order valence-corrected chi connectivity index (χ1v) is 9.37. The number of rotatable bonds is 4. The van der Waals surface area contributed by atoms with Gasteiger partial charge in [-0.05, 0) is 42.0 Å². The number of nitrogens with zero attached hydrogens (tertiary/aromatic N) is 1. The third kappa shape index (κ3) is 5.87. The van der Waals surface area contributed by atoms with Crippen molar-refractivity contribution in [2.24, 2.45) is 11.8 Å². The number of nitrogen functional groups attached to an aromatic ring is 1. The number of benzene rings is 2. The Kier molecular flexibility index (Phi) is 9.28. The van der Waals surface area contributed by atoms with Gasteiger partial charge in [0, 0.05) is 36.9 Å². The van der Waals surface area contributed by atoms with Crippen LogP contribution in [0.5, 0.6) is 0 Å². The number of likely N-dealkylation sites (tertiary alicyclic amines) is 1. The Bertz CT molecular complexity index is 758. The lowest BCUT2D eigenvalue weighted by Crippen LogP contribution is -2.54. The topological polar surface area (TPSA) is 58.4 Å². The predicted molar refractivity (Wildman–Crippen MR) is 121 cm³/mol. The molecule has 0 aliphatic carbocycles. The average Bonchev–Trinajstić information content (AvgIpc) is 2.61. The van der Waals surface area contributed by atoms with Crippen molar-refractivity contribution in [1.82, 2.24) is 10.2 Å². The average molecular weight is 424 g/mol. The molecule has 6 heteroatoms. The van der Waals surface area contributed by atoms with Gasteiger partial charge in [0.25, 0.3) is 5.91 Å². The van der Waals surface area contributed by atoms with E-state index in [2.05, 4.69) is 54.4 Å². The zero-order chi connectivity index (χ0) is 18.7. The van der Waals surface area contributed by atoms with Crippen molar-refractivity contribution in [3.05, 3.63) is 65.2 Å². The molecule has 0 radical (unpaired) electrons. The van der Waals surface area contributed by atoms with Crippen LogP contribution in [0.3, 0.4) is 0 Å². The summed E-state index contributed by atoms with van der Waals surface area (Å²) in [5.41, 5.74) is 9.45. The fourth-order valence-corrected chi connectivity index (χ4v) is 4.05. The molecule has 1 amide bonds. The maximum absolute atomic E-state index is 12.8. The summed E-state index contributed by atoms with van der Waals surface area (Å²) >= 11 is 0. The number of carbonyl (C=O) groups is 1. The second-order valence-corrected chi connectivity index (χ2v) is 7.71. The first-order valence-electron chi connectivity index (χ1n) is 9.37. The Morgan fingerprint density at radius 3 is 2.29 bits per heavy atom. The molecule has 1 heterocycles. The smallest absolute Gasteiger partial charge is 0.251 e. The molecule has 154 valence electrons. The molecule has 0 saturated carbocycles. The Hall–Kier alpha value is -1.75. The van der Waals surface area contributed by atoms with Crippen LogP contribution in [0.2, 0.25) is 0 Å². The van der Waals surface area contributed by atoms with Gasteiger partial charge in [0.05, 0.1) is 0 Å². The number of nitrogens with one attached hydrogen (secondary N) is 1. The van der Waals surface area contributed by atoms with Crippen molar-refractivity contribution in [3.63, 3.8) is 0 Å². The second-order valence-electron chi connectivity index (χ2n) is 7.71. The Morgan fingerprint density at radius 2 is 1.68 bits per heavy atom. The van der Waals surface area contributed by atoms with E-state index < -0.39 is 0 Å². The number of aryl methyl sites for hydroxylation is 1. The summed E-state index contributed by atoms with van der Waals surface area (Å²) < 4.78 is 0. The summed E-state index contributed by atoms with van der Waals surface area (Å²) in [7, 11) is 0. The minimum Gasteiger partial charge on any atom is -0.399 e. The molecule has 2 atom stereocenters. The maximum Gasteiger partial charge on any atom is 0.251 e. The summed E-state index contributed by atoms with van der Waals surface area (Å²) in [5, 5.41) is 3.27. The number of nitrogens with two attached hydrogens (primary N) is 1. The fraction of sp³-hybridized carbons (Fsp3) is 0.409. The van der Waals surface area contributed by atoms with E-state index in [9.17, 15) is 4.79 Å². The van der Waals surface area contributed by atoms with Crippen molar-refractivity contribution >= 4 is 36.4 Å². The third-order valence-corrected chi connectivity index (χ3v) is 5.37. The van der Waals surface area contributed by atoms with Gasteiger partial charge in [-0.3, -0.25) is 9.69 Å². The van der Waals surface area contributed by atoms with Gasteiger partial charge in [-0.1, -0.05) is 50.2 Å². The molecule has 2 unspecified atom stereocenters. The minimum absolute atomic E-state index is 0. The van der Waals surface area contributed by atoms with Gasteiger partial charge in [0.15, 0.2) is 0 Å². The summed E-state index contributed by atoms with van der Waals surface area (Å²) in [6, 6.07) is 16.2. The summed E-state index contributed by atoms with van der Waals surface area (Å²) in [6.07, 6.45) is 0. The van der Waals surface area contributed by atoms with Crippen LogP contribution in [0, 0.1) is 18.8 Å². The lowest BCUT2D eigenvalue weighted by atomic mass is 9.85. The lowest BCUT2D eigenvalue weighted by molar-refractivity contribution is 0.0732. The normalized spacial score (nSPS) is 21.9. The largest absolute Gasteiger partial charge is 0.399 e. The number of carbonyl (C=O) groups excluding carboxylic acids is 1. The van der Waals surface area contributed by atoms with Gasteiger partial charge in [-0.15, -0.1) is 24.8 Å². The van der Waals surface area contributed by atoms with Crippen molar-refractivity contribution in [1.29, 1.82) is 0 Å². The molecule has 1 aliphatic heterocycles. The van der Waals surface area contributed by atoms with Crippen LogP contribution in [0.15, 0.2) is 48.5 Å². The van der Waals surface area contributed by atoms with E-state index in [1.54, 1.807) is 6.07 Å². The molecule has 2 aromatic rings. The molecule has 4 nitrogen and oxygen atoms in total.